The molecule has 3 nitrogen and oxygen atoms in total. The lowest BCUT2D eigenvalue weighted by Gasteiger charge is -2.28. The van der Waals surface area contributed by atoms with Gasteiger partial charge in [-0.3, -0.25) is 5.32 Å². The van der Waals surface area contributed by atoms with Crippen LogP contribution in [0.3, 0.4) is 0 Å². The molecule has 0 amide bonds. The van der Waals surface area contributed by atoms with Gasteiger partial charge < -0.3 is 10.0 Å². The zero-order valence-electron chi connectivity index (χ0n) is 5.54. The second-order valence-electron chi connectivity index (χ2n) is 1.95. The van der Waals surface area contributed by atoms with E-state index in [0.717, 1.165) is 16.9 Å². The maximum absolute atomic E-state index is 8.60. The van der Waals surface area contributed by atoms with Gasteiger partial charge in [-0.2, -0.15) is 0 Å². The summed E-state index contributed by atoms with van der Waals surface area (Å²) in [6.07, 6.45) is 0. The van der Waals surface area contributed by atoms with Crippen molar-refractivity contribution < 1.29 is 5.11 Å². The Kier molecular flexibility index (Phi) is 3.41. The third-order valence-corrected chi connectivity index (χ3v) is 2.69. The van der Waals surface area contributed by atoms with Crippen molar-refractivity contribution in [2.75, 3.05) is 25.7 Å². The van der Waals surface area contributed by atoms with Gasteiger partial charge in [-0.25, -0.2) is 0 Å². The Morgan fingerprint density at radius 3 is 3.20 bits per heavy atom. The van der Waals surface area contributed by atoms with Crippen molar-refractivity contribution in [3.8, 4) is 0 Å². The van der Waals surface area contributed by atoms with Crippen molar-refractivity contribution in [1.82, 2.24) is 10.2 Å². The van der Waals surface area contributed by atoms with Crippen LogP contribution in [0.5, 0.6) is 0 Å². The Morgan fingerprint density at radius 2 is 2.60 bits per heavy atom. The largest absolute Gasteiger partial charge is 0.395 e. The normalized spacial score (nSPS) is 19.7. The number of β-amino-alcohol motifs (C(OH)–C–C–N with tert-alkyl or cyclic N) is 1. The number of thioether (sulfide) groups is 1. The second-order valence-corrected chi connectivity index (χ2v) is 3.56. The summed E-state index contributed by atoms with van der Waals surface area (Å²) in [5.41, 5.74) is 0. The molecule has 1 fully saturated rings. The highest BCUT2D eigenvalue weighted by atomic mass is 32.2. The van der Waals surface area contributed by atoms with E-state index in [4.69, 9.17) is 17.3 Å². The average Bonchev–Trinajstić information content (AvgIpc) is 1.94. The highest BCUT2D eigenvalue weighted by Gasteiger charge is 2.12. The summed E-state index contributed by atoms with van der Waals surface area (Å²) in [5.74, 6) is 0.890. The Morgan fingerprint density at radius 1 is 1.80 bits per heavy atom. The predicted molar refractivity (Wildman–Crippen MR) is 46.9 cm³/mol. The quantitative estimate of drug-likeness (QED) is 0.573. The van der Waals surface area contributed by atoms with Gasteiger partial charge in [0.15, 0.2) is 0 Å². The first-order chi connectivity index (χ1) is 4.84. The highest BCUT2D eigenvalue weighted by Crippen LogP contribution is 2.10. The summed E-state index contributed by atoms with van der Waals surface area (Å²) in [4.78, 5) is 1.95. The summed E-state index contributed by atoms with van der Waals surface area (Å²) >= 11 is 6.63. The first-order valence-corrected chi connectivity index (χ1v) is 4.47. The highest BCUT2D eigenvalue weighted by molar-refractivity contribution is 8.22. The van der Waals surface area contributed by atoms with Gasteiger partial charge in [-0.1, -0.05) is 24.0 Å². The molecule has 1 heterocycles. The number of aliphatic hydroxyl groups excluding tert-OH is 1. The number of rotatable bonds is 2. The van der Waals surface area contributed by atoms with Crippen molar-refractivity contribution in [3.05, 3.63) is 0 Å². The van der Waals surface area contributed by atoms with Crippen LogP contribution in [0.4, 0.5) is 0 Å². The van der Waals surface area contributed by atoms with Crippen LogP contribution in [0.15, 0.2) is 0 Å². The summed E-state index contributed by atoms with van der Waals surface area (Å²) in [6.45, 7) is 1.58. The molecule has 0 bridgehead atoms. The lowest BCUT2D eigenvalue weighted by molar-refractivity contribution is 0.247. The number of hydrogen-bond acceptors (Lipinski definition) is 4. The zero-order valence-corrected chi connectivity index (χ0v) is 7.17. The number of nitrogens with zero attached hydrogens (tertiary/aromatic N) is 1. The smallest absolute Gasteiger partial charge is 0.138 e. The average molecular weight is 178 g/mol. The first kappa shape index (κ1) is 8.26. The monoisotopic (exact) mass is 178 g/mol. The van der Waals surface area contributed by atoms with E-state index in [9.17, 15) is 0 Å². The molecule has 0 atom stereocenters. The summed E-state index contributed by atoms with van der Waals surface area (Å²) in [7, 11) is 0. The maximum atomic E-state index is 8.60. The molecule has 1 aliphatic heterocycles. The summed E-state index contributed by atoms with van der Waals surface area (Å²) < 4.78 is 0.882. The molecule has 58 valence electrons. The zero-order chi connectivity index (χ0) is 7.40. The van der Waals surface area contributed by atoms with Crippen molar-refractivity contribution in [3.63, 3.8) is 0 Å². The molecule has 0 saturated carbocycles. The van der Waals surface area contributed by atoms with Gasteiger partial charge in [-0.05, 0) is 0 Å². The lowest BCUT2D eigenvalue weighted by atomic mass is 10.6. The molecule has 5 heteroatoms. The topological polar surface area (TPSA) is 35.5 Å². The minimum atomic E-state index is 0.169. The van der Waals surface area contributed by atoms with Crippen LogP contribution in [-0.4, -0.2) is 40.0 Å². The van der Waals surface area contributed by atoms with Gasteiger partial charge in [0.2, 0.25) is 0 Å². The molecule has 0 aliphatic carbocycles. The van der Waals surface area contributed by atoms with Crippen molar-refractivity contribution in [1.29, 1.82) is 0 Å². The van der Waals surface area contributed by atoms with E-state index in [2.05, 4.69) is 5.32 Å². The third kappa shape index (κ3) is 2.09. The fraction of sp³-hybridized carbons (Fsp3) is 0.800. The van der Waals surface area contributed by atoms with Crippen LogP contribution in [0.2, 0.25) is 0 Å². The Hall–Kier alpha value is 0.160. The molecule has 10 heavy (non-hydrogen) atoms. The van der Waals surface area contributed by atoms with E-state index in [-0.39, 0.29) is 6.61 Å². The minimum absolute atomic E-state index is 0.169. The fourth-order valence-corrected chi connectivity index (χ4v) is 1.73. The molecule has 0 aromatic rings. The molecular formula is C5H10N2OS2. The number of thiocarbonyl (C=S) groups is 1. The van der Waals surface area contributed by atoms with Gasteiger partial charge in [-0.15, -0.1) is 0 Å². The molecule has 0 aromatic heterocycles. The van der Waals surface area contributed by atoms with Gasteiger partial charge >= 0.3 is 0 Å². The van der Waals surface area contributed by atoms with E-state index in [1.165, 1.54) is 0 Å². The first-order valence-electron chi connectivity index (χ1n) is 3.08. The standard InChI is InChI=1S/C5H10N2OS2/c8-2-1-7-3-6-4-10-5(7)9/h6,8H,1-4H2. The predicted octanol–water partition coefficient (Wildman–Crippen LogP) is -0.183. The third-order valence-electron chi connectivity index (χ3n) is 1.23. The van der Waals surface area contributed by atoms with E-state index in [0.29, 0.717) is 6.54 Å². The fourth-order valence-electron chi connectivity index (χ4n) is 0.740. The molecule has 0 unspecified atom stereocenters. The van der Waals surface area contributed by atoms with Crippen LogP contribution < -0.4 is 5.32 Å². The Bertz CT molecular complexity index is 129. The molecular weight excluding hydrogens is 168 g/mol. The molecule has 0 aromatic carbocycles. The summed E-state index contributed by atoms with van der Waals surface area (Å²) in [6, 6.07) is 0. The number of aliphatic hydroxyl groups is 1. The molecule has 0 radical (unpaired) electrons. The summed E-state index contributed by atoms with van der Waals surface area (Å²) in [5, 5.41) is 11.7. The van der Waals surface area contributed by atoms with E-state index in [1.807, 2.05) is 4.90 Å². The van der Waals surface area contributed by atoms with Crippen molar-refractivity contribution in [2.45, 2.75) is 0 Å². The molecule has 1 aliphatic rings. The molecule has 1 rings (SSSR count). The van der Waals surface area contributed by atoms with Gasteiger partial charge in [0.25, 0.3) is 0 Å². The van der Waals surface area contributed by atoms with Gasteiger partial charge in [0.1, 0.15) is 4.32 Å². The van der Waals surface area contributed by atoms with Crippen LogP contribution >= 0.6 is 24.0 Å². The van der Waals surface area contributed by atoms with E-state index in [1.54, 1.807) is 11.8 Å². The van der Waals surface area contributed by atoms with Crippen LogP contribution in [-0.2, 0) is 0 Å². The molecule has 0 spiro atoms. The molecule has 2 N–H and O–H groups in total. The van der Waals surface area contributed by atoms with Crippen LogP contribution in [0.25, 0.3) is 0 Å². The SMILES string of the molecule is OCCN1CNCSC1=S. The van der Waals surface area contributed by atoms with Gasteiger partial charge in [0, 0.05) is 6.54 Å². The van der Waals surface area contributed by atoms with E-state index >= 15 is 0 Å². The second kappa shape index (κ2) is 4.12. The van der Waals surface area contributed by atoms with Crippen LogP contribution in [0, 0.1) is 0 Å². The minimum Gasteiger partial charge on any atom is -0.395 e. The van der Waals surface area contributed by atoms with Crippen LogP contribution in [0.1, 0.15) is 0 Å². The number of nitrogens with one attached hydrogen (secondary N) is 1. The van der Waals surface area contributed by atoms with E-state index < -0.39 is 0 Å². The van der Waals surface area contributed by atoms with Crippen molar-refractivity contribution >= 4 is 28.3 Å². The number of hydrogen-bond donors (Lipinski definition) is 2. The maximum Gasteiger partial charge on any atom is 0.138 e. The lowest BCUT2D eigenvalue weighted by Crippen LogP contribution is -2.43. The molecule has 1 saturated heterocycles. The Labute approximate surface area is 69.8 Å². The Balaban J connectivity index is 2.32. The van der Waals surface area contributed by atoms with Crippen molar-refractivity contribution in [2.24, 2.45) is 0 Å². The van der Waals surface area contributed by atoms with Gasteiger partial charge in [0.05, 0.1) is 19.2 Å².